The first-order valence-corrected chi connectivity index (χ1v) is 10.2. The Bertz CT molecular complexity index is 1630. The van der Waals surface area contributed by atoms with Gasteiger partial charge in [0.1, 0.15) is 30.2 Å². The van der Waals surface area contributed by atoms with Gasteiger partial charge in [0.05, 0.1) is 11.3 Å². The van der Waals surface area contributed by atoms with Crippen LogP contribution in [0.15, 0.2) is 45.6 Å². The van der Waals surface area contributed by atoms with Crippen molar-refractivity contribution in [2.24, 2.45) is 0 Å². The molecule has 1 heterocycles. The minimum atomic E-state index is -1.62. The van der Waals surface area contributed by atoms with Gasteiger partial charge in [-0.05, 0) is 24.3 Å². The van der Waals surface area contributed by atoms with Crippen LogP contribution in [0.5, 0.6) is 11.5 Å². The Morgan fingerprint density at radius 2 is 1.46 bits per heavy atom. The van der Waals surface area contributed by atoms with Crippen LogP contribution in [0.4, 0.5) is 14.5 Å². The van der Waals surface area contributed by atoms with E-state index in [0.29, 0.717) is 4.90 Å². The van der Waals surface area contributed by atoms with Crippen molar-refractivity contribution in [2.45, 2.75) is 0 Å². The summed E-state index contributed by atoms with van der Waals surface area (Å²) in [5, 5.41) is 48.5. The molecule has 13 heteroatoms. The number of phenolic OH excluding ortho intramolecular Hbond substituents is 2. The number of rotatable bonds is 7. The fraction of sp³-hybridized carbons (Fsp3) is 0.0833. The van der Waals surface area contributed by atoms with Gasteiger partial charge in [0.25, 0.3) is 0 Å². The summed E-state index contributed by atoms with van der Waals surface area (Å²) < 4.78 is 34.1. The van der Waals surface area contributed by atoms with Crippen LogP contribution in [0.25, 0.3) is 33.4 Å². The molecule has 0 fully saturated rings. The van der Waals surface area contributed by atoms with Crippen LogP contribution in [-0.4, -0.2) is 56.5 Å². The maximum absolute atomic E-state index is 14.3. The molecule has 0 saturated heterocycles. The van der Waals surface area contributed by atoms with Gasteiger partial charge < -0.3 is 34.8 Å². The molecule has 0 radical (unpaired) electrons. The van der Waals surface area contributed by atoms with Gasteiger partial charge in [-0.3, -0.25) is 14.4 Å². The fourth-order valence-electron chi connectivity index (χ4n) is 3.96. The summed E-state index contributed by atoms with van der Waals surface area (Å²) in [5.74, 6) is -8.78. The second-order valence-corrected chi connectivity index (χ2v) is 7.89. The Kier molecular flexibility index (Phi) is 6.13. The second kappa shape index (κ2) is 9.11. The van der Waals surface area contributed by atoms with E-state index in [2.05, 4.69) is 0 Å². The van der Waals surface area contributed by atoms with Crippen molar-refractivity contribution in [3.63, 3.8) is 0 Å². The van der Waals surface area contributed by atoms with Crippen molar-refractivity contribution < 1.29 is 53.1 Å². The summed E-state index contributed by atoms with van der Waals surface area (Å²) in [7, 11) is 0. The Morgan fingerprint density at radius 3 is 2.05 bits per heavy atom. The van der Waals surface area contributed by atoms with Gasteiger partial charge in [-0.15, -0.1) is 0 Å². The minimum Gasteiger partial charge on any atom is -0.506 e. The molecule has 4 rings (SSSR count). The summed E-state index contributed by atoms with van der Waals surface area (Å²) in [6.07, 6.45) is 0. The van der Waals surface area contributed by atoms with Crippen LogP contribution in [0.2, 0.25) is 0 Å². The predicted octanol–water partition coefficient (Wildman–Crippen LogP) is 2.93. The average molecular weight is 515 g/mol. The van der Waals surface area contributed by atoms with E-state index in [4.69, 9.17) is 14.6 Å². The molecule has 0 saturated carbocycles. The van der Waals surface area contributed by atoms with E-state index in [1.165, 1.54) is 0 Å². The zero-order chi connectivity index (χ0) is 27.2. The number of nitrogens with zero attached hydrogens (tertiary/aromatic N) is 1. The Labute approximate surface area is 204 Å². The largest absolute Gasteiger partial charge is 0.506 e. The quantitative estimate of drug-likeness (QED) is 0.228. The van der Waals surface area contributed by atoms with E-state index < -0.39 is 70.8 Å². The molecule has 0 spiro atoms. The predicted molar refractivity (Wildman–Crippen MR) is 122 cm³/mol. The van der Waals surface area contributed by atoms with Crippen LogP contribution >= 0.6 is 0 Å². The summed E-state index contributed by atoms with van der Waals surface area (Å²) >= 11 is 0. The molecule has 2 aromatic carbocycles. The van der Waals surface area contributed by atoms with E-state index in [-0.39, 0.29) is 33.4 Å². The summed E-state index contributed by atoms with van der Waals surface area (Å²) in [4.78, 5) is 47.3. The van der Waals surface area contributed by atoms with Crippen molar-refractivity contribution in [3.8, 4) is 33.9 Å². The number of phenols is 2. The van der Waals surface area contributed by atoms with Gasteiger partial charge in [0, 0.05) is 34.2 Å². The van der Waals surface area contributed by atoms with Gasteiger partial charge in [0.15, 0.2) is 17.4 Å². The topological polar surface area (TPSA) is 186 Å². The summed E-state index contributed by atoms with van der Waals surface area (Å²) in [6.45, 7) is -1.81. The number of carbonyl (C=O) groups is 3. The molecule has 2 aromatic rings. The number of fused-ring (bicyclic) bond motifs is 2. The smallest absolute Gasteiger partial charge is 0.336 e. The molecular formula is C24H15F2NO10. The van der Waals surface area contributed by atoms with E-state index in [1.54, 1.807) is 0 Å². The third-order valence-electron chi connectivity index (χ3n) is 5.45. The first kappa shape index (κ1) is 24.9. The maximum Gasteiger partial charge on any atom is 0.336 e. The highest BCUT2D eigenvalue weighted by molar-refractivity contribution is 6.08. The van der Waals surface area contributed by atoms with Gasteiger partial charge in [-0.2, -0.15) is 0 Å². The Hall–Kier alpha value is -5.20. The van der Waals surface area contributed by atoms with Gasteiger partial charge >= 0.3 is 17.9 Å². The highest BCUT2D eigenvalue weighted by Gasteiger charge is 2.27. The third kappa shape index (κ3) is 4.57. The third-order valence-corrected chi connectivity index (χ3v) is 5.45. The SMILES string of the molecule is O=C(O)CN(CC(=O)O)c1cc(C(=O)O)c(-c2c3cc(F)c(=O)cc-3oc3cc(O)c(F)cc23)cc1O. The summed E-state index contributed by atoms with van der Waals surface area (Å²) in [5.41, 5.74) is -3.05. The van der Waals surface area contributed by atoms with E-state index >= 15 is 0 Å². The van der Waals surface area contributed by atoms with Crippen molar-refractivity contribution in [1.82, 2.24) is 0 Å². The van der Waals surface area contributed by atoms with Crippen molar-refractivity contribution in [2.75, 3.05) is 18.0 Å². The molecule has 0 unspecified atom stereocenters. The lowest BCUT2D eigenvalue weighted by Crippen LogP contribution is -2.34. The monoisotopic (exact) mass is 515 g/mol. The molecule has 2 aliphatic rings. The number of halogens is 2. The molecule has 1 aliphatic carbocycles. The highest BCUT2D eigenvalue weighted by atomic mass is 19.1. The standard InChI is InChI=1S/C24H15F2NO10/c25-13-1-11-19(5-16(13)28)37-20-6-17(29)14(26)2-12(20)23(11)9-4-18(30)15(3-10(9)24(35)36)27(7-21(31)32)8-22(33)34/h1-6,28,30H,7-8H2,(H,31,32)(H,33,34)(H,35,36). The van der Waals surface area contributed by atoms with Crippen LogP contribution < -0.4 is 10.3 Å². The molecule has 0 atom stereocenters. The van der Waals surface area contributed by atoms with Gasteiger partial charge in [-0.25, -0.2) is 13.6 Å². The molecule has 0 bridgehead atoms. The molecule has 1 aliphatic heterocycles. The first-order valence-electron chi connectivity index (χ1n) is 10.2. The number of carboxylic acid groups (broad SMARTS) is 3. The zero-order valence-corrected chi connectivity index (χ0v) is 18.4. The molecule has 5 N–H and O–H groups in total. The number of carboxylic acids is 3. The van der Waals surface area contributed by atoms with Gasteiger partial charge in [0.2, 0.25) is 5.43 Å². The Morgan fingerprint density at radius 1 is 0.811 bits per heavy atom. The van der Waals surface area contributed by atoms with E-state index in [1.807, 2.05) is 0 Å². The number of anilines is 1. The van der Waals surface area contributed by atoms with E-state index in [9.17, 15) is 43.3 Å². The van der Waals surface area contributed by atoms with Crippen LogP contribution in [-0.2, 0) is 9.59 Å². The van der Waals surface area contributed by atoms with Crippen molar-refractivity contribution >= 4 is 34.6 Å². The lowest BCUT2D eigenvalue weighted by atomic mass is 9.90. The first-order chi connectivity index (χ1) is 17.4. The summed E-state index contributed by atoms with van der Waals surface area (Å²) in [6, 6.07) is 4.82. The zero-order valence-electron chi connectivity index (χ0n) is 18.4. The number of hydrogen-bond donors (Lipinski definition) is 5. The maximum atomic E-state index is 14.3. The number of aliphatic carboxylic acids is 2. The Balaban J connectivity index is 2.12. The van der Waals surface area contributed by atoms with Crippen LogP contribution in [0, 0.1) is 11.6 Å². The van der Waals surface area contributed by atoms with Crippen LogP contribution in [0.3, 0.4) is 0 Å². The molecule has 37 heavy (non-hydrogen) atoms. The number of hydrogen-bond acceptors (Lipinski definition) is 8. The van der Waals surface area contributed by atoms with Crippen LogP contribution in [0.1, 0.15) is 10.4 Å². The number of aromatic carboxylic acids is 1. The minimum absolute atomic E-state index is 0.163. The molecular weight excluding hydrogens is 500 g/mol. The molecule has 11 nitrogen and oxygen atoms in total. The number of benzene rings is 3. The molecule has 190 valence electrons. The fourth-order valence-corrected chi connectivity index (χ4v) is 3.96. The van der Waals surface area contributed by atoms with E-state index in [0.717, 1.165) is 36.4 Å². The highest BCUT2D eigenvalue weighted by Crippen LogP contribution is 2.45. The number of aromatic hydroxyl groups is 2. The normalized spacial score (nSPS) is 11.1. The average Bonchev–Trinajstić information content (AvgIpc) is 2.78. The lowest BCUT2D eigenvalue weighted by molar-refractivity contribution is -0.136. The lowest BCUT2D eigenvalue weighted by Gasteiger charge is -2.24. The molecule has 0 amide bonds. The van der Waals surface area contributed by atoms with Crippen molar-refractivity contribution in [1.29, 1.82) is 0 Å². The second-order valence-electron chi connectivity index (χ2n) is 7.89. The molecule has 0 aromatic heterocycles. The van der Waals surface area contributed by atoms with Crippen molar-refractivity contribution in [3.05, 3.63) is 63.8 Å². The van der Waals surface area contributed by atoms with Gasteiger partial charge in [-0.1, -0.05) is 0 Å².